The van der Waals surface area contributed by atoms with Gasteiger partial charge in [0.15, 0.2) is 5.76 Å². The highest BCUT2D eigenvalue weighted by atomic mass is 79.9. The molecule has 0 atom stereocenters. The van der Waals surface area contributed by atoms with Crippen LogP contribution in [0.4, 0.5) is 0 Å². The lowest BCUT2D eigenvalue weighted by atomic mass is 9.87. The molecular weight excluding hydrogens is 412 g/mol. The number of hydrogen-bond acceptors (Lipinski definition) is 4. The van der Waals surface area contributed by atoms with Crippen molar-refractivity contribution in [3.05, 3.63) is 40.5 Å². The fourth-order valence-electron chi connectivity index (χ4n) is 3.36. The number of hydrogen-bond donors (Lipinski definition) is 2. The van der Waals surface area contributed by atoms with Crippen molar-refractivity contribution in [2.75, 3.05) is 13.1 Å². The van der Waals surface area contributed by atoms with Gasteiger partial charge in [-0.25, -0.2) is 0 Å². The van der Waals surface area contributed by atoms with Crippen molar-refractivity contribution < 1.29 is 14.0 Å². The Kier molecular flexibility index (Phi) is 7.09. The van der Waals surface area contributed by atoms with Crippen LogP contribution in [0.25, 0.3) is 0 Å². The van der Waals surface area contributed by atoms with Crippen LogP contribution in [-0.2, 0) is 11.3 Å². The smallest absolute Gasteiger partial charge is 0.287 e. The molecule has 0 aromatic carbocycles. The number of carbonyl (C=O) groups is 2. The monoisotopic (exact) mass is 436 g/mol. The number of nitrogens with zero attached hydrogens (tertiary/aromatic N) is 2. The summed E-state index contributed by atoms with van der Waals surface area (Å²) < 4.78 is 8.16. The van der Waals surface area contributed by atoms with Crippen LogP contribution in [0.15, 0.2) is 33.4 Å². The highest BCUT2D eigenvalue weighted by molar-refractivity contribution is 9.10. The van der Waals surface area contributed by atoms with Crippen molar-refractivity contribution in [2.45, 2.75) is 45.1 Å². The molecule has 8 heteroatoms. The van der Waals surface area contributed by atoms with E-state index in [4.69, 9.17) is 4.42 Å². The van der Waals surface area contributed by atoms with Crippen LogP contribution in [0.3, 0.4) is 0 Å². The zero-order valence-corrected chi connectivity index (χ0v) is 16.8. The Morgan fingerprint density at radius 2 is 1.96 bits per heavy atom. The van der Waals surface area contributed by atoms with E-state index in [9.17, 15) is 9.59 Å². The maximum absolute atomic E-state index is 12.1. The first-order chi connectivity index (χ1) is 13.1. The normalized spacial score (nSPS) is 14.9. The summed E-state index contributed by atoms with van der Waals surface area (Å²) >= 11 is 3.34. The van der Waals surface area contributed by atoms with Gasteiger partial charge in [0.25, 0.3) is 5.91 Å². The molecule has 146 valence electrons. The lowest BCUT2D eigenvalue weighted by Gasteiger charge is -2.20. The van der Waals surface area contributed by atoms with E-state index in [-0.39, 0.29) is 17.6 Å². The highest BCUT2D eigenvalue weighted by Crippen LogP contribution is 2.25. The third-order valence-corrected chi connectivity index (χ3v) is 5.15. The molecule has 3 rings (SSSR count). The number of amides is 2. The fraction of sp³-hybridized carbons (Fsp3) is 0.526. The van der Waals surface area contributed by atoms with Crippen molar-refractivity contribution in [2.24, 2.45) is 5.92 Å². The molecule has 0 radical (unpaired) electrons. The van der Waals surface area contributed by atoms with Gasteiger partial charge in [-0.2, -0.15) is 5.10 Å². The Bertz CT molecular complexity index is 765. The van der Waals surface area contributed by atoms with Crippen LogP contribution < -0.4 is 10.6 Å². The lowest BCUT2D eigenvalue weighted by molar-refractivity contribution is -0.122. The minimum atomic E-state index is -0.288. The van der Waals surface area contributed by atoms with Gasteiger partial charge in [0, 0.05) is 25.7 Å². The second-order valence-electron chi connectivity index (χ2n) is 6.94. The minimum absolute atomic E-state index is 0.0711. The molecule has 0 aliphatic heterocycles. The van der Waals surface area contributed by atoms with Crippen molar-refractivity contribution in [3.63, 3.8) is 0 Å². The molecule has 1 saturated carbocycles. The fourth-order valence-corrected chi connectivity index (χ4v) is 3.69. The molecule has 2 heterocycles. The van der Waals surface area contributed by atoms with Gasteiger partial charge in [-0.15, -0.1) is 0 Å². The van der Waals surface area contributed by atoms with Crippen LogP contribution in [0, 0.1) is 5.92 Å². The molecule has 7 nitrogen and oxygen atoms in total. The summed E-state index contributed by atoms with van der Waals surface area (Å²) in [6.07, 6.45) is 10.2. The Labute approximate surface area is 167 Å². The summed E-state index contributed by atoms with van der Waals surface area (Å²) in [5.41, 5.74) is 0. The SMILES string of the molecule is O=C(CC1CCCCC1)NCCNC(=O)c1ccc(Cn2cc(Br)cn2)o1. The van der Waals surface area contributed by atoms with Crippen molar-refractivity contribution in [1.82, 2.24) is 20.4 Å². The Morgan fingerprint density at radius 1 is 1.19 bits per heavy atom. The second kappa shape index (κ2) is 9.73. The molecule has 0 saturated heterocycles. The van der Waals surface area contributed by atoms with Gasteiger partial charge in [0.05, 0.1) is 17.2 Å². The van der Waals surface area contributed by atoms with Crippen LogP contribution >= 0.6 is 15.9 Å². The molecule has 1 fully saturated rings. The van der Waals surface area contributed by atoms with Gasteiger partial charge < -0.3 is 15.1 Å². The molecule has 27 heavy (non-hydrogen) atoms. The Hall–Kier alpha value is -2.09. The minimum Gasteiger partial charge on any atom is -0.454 e. The third-order valence-electron chi connectivity index (χ3n) is 4.74. The molecule has 2 amide bonds. The van der Waals surface area contributed by atoms with E-state index in [1.54, 1.807) is 23.0 Å². The molecule has 2 aromatic rings. The van der Waals surface area contributed by atoms with Gasteiger partial charge in [-0.1, -0.05) is 19.3 Å². The average molecular weight is 437 g/mol. The summed E-state index contributed by atoms with van der Waals surface area (Å²) in [4.78, 5) is 24.1. The average Bonchev–Trinajstić information content (AvgIpc) is 3.29. The number of halogens is 1. The molecule has 0 unspecified atom stereocenters. The molecule has 0 spiro atoms. The van der Waals surface area contributed by atoms with Crippen LogP contribution in [0.5, 0.6) is 0 Å². The van der Waals surface area contributed by atoms with Crippen LogP contribution in [0.2, 0.25) is 0 Å². The lowest BCUT2D eigenvalue weighted by Crippen LogP contribution is -2.35. The van der Waals surface area contributed by atoms with Gasteiger partial charge in [-0.05, 0) is 46.8 Å². The molecular formula is C19H25BrN4O3. The quantitative estimate of drug-likeness (QED) is 0.622. The van der Waals surface area contributed by atoms with Crippen molar-refractivity contribution >= 4 is 27.7 Å². The molecule has 1 aliphatic carbocycles. The van der Waals surface area contributed by atoms with E-state index in [0.29, 0.717) is 37.7 Å². The number of furan rings is 1. The van der Waals surface area contributed by atoms with Crippen molar-refractivity contribution in [3.8, 4) is 0 Å². The summed E-state index contributed by atoms with van der Waals surface area (Å²) in [5, 5.41) is 9.79. The number of aromatic nitrogens is 2. The zero-order chi connectivity index (χ0) is 19.1. The standard InChI is InChI=1S/C19H25BrN4O3/c20-15-11-23-24(12-15)13-16-6-7-17(27-16)19(26)22-9-8-21-18(25)10-14-4-2-1-3-5-14/h6-7,11-12,14H,1-5,8-10,13H2,(H,21,25)(H,22,26). The highest BCUT2D eigenvalue weighted by Gasteiger charge is 2.17. The largest absolute Gasteiger partial charge is 0.454 e. The van der Waals surface area contributed by atoms with E-state index < -0.39 is 0 Å². The van der Waals surface area contributed by atoms with Gasteiger partial charge >= 0.3 is 0 Å². The zero-order valence-electron chi connectivity index (χ0n) is 15.2. The summed E-state index contributed by atoms with van der Waals surface area (Å²) in [7, 11) is 0. The first-order valence-corrected chi connectivity index (χ1v) is 10.2. The summed E-state index contributed by atoms with van der Waals surface area (Å²) in [6, 6.07) is 3.40. The molecule has 1 aliphatic rings. The van der Waals surface area contributed by atoms with E-state index in [1.165, 1.54) is 19.3 Å². The molecule has 2 N–H and O–H groups in total. The van der Waals surface area contributed by atoms with Crippen LogP contribution in [0.1, 0.15) is 54.8 Å². The van der Waals surface area contributed by atoms with Crippen LogP contribution in [-0.4, -0.2) is 34.7 Å². The summed E-state index contributed by atoms with van der Waals surface area (Å²) in [6.45, 7) is 1.25. The molecule has 0 bridgehead atoms. The maximum atomic E-state index is 12.1. The first-order valence-electron chi connectivity index (χ1n) is 9.42. The number of rotatable bonds is 8. The predicted octanol–water partition coefficient (Wildman–Crippen LogP) is 3.10. The van der Waals surface area contributed by atoms with Gasteiger partial charge in [-0.3, -0.25) is 14.3 Å². The molecule has 2 aromatic heterocycles. The summed E-state index contributed by atoms with van der Waals surface area (Å²) in [5.74, 6) is 1.21. The maximum Gasteiger partial charge on any atom is 0.287 e. The Balaban J connectivity index is 1.35. The third kappa shape index (κ3) is 6.23. The Morgan fingerprint density at radius 3 is 2.70 bits per heavy atom. The number of carbonyl (C=O) groups excluding carboxylic acids is 2. The van der Waals surface area contributed by atoms with E-state index in [0.717, 1.165) is 17.3 Å². The predicted molar refractivity (Wildman–Crippen MR) is 104 cm³/mol. The van der Waals surface area contributed by atoms with E-state index in [1.807, 2.05) is 6.20 Å². The van der Waals surface area contributed by atoms with E-state index >= 15 is 0 Å². The van der Waals surface area contributed by atoms with Gasteiger partial charge in [0.1, 0.15) is 5.76 Å². The van der Waals surface area contributed by atoms with Gasteiger partial charge in [0.2, 0.25) is 5.91 Å². The van der Waals surface area contributed by atoms with Crippen molar-refractivity contribution in [1.29, 1.82) is 0 Å². The topological polar surface area (TPSA) is 89.2 Å². The first kappa shape index (κ1) is 19.7. The van der Waals surface area contributed by atoms with E-state index in [2.05, 4.69) is 31.7 Å². The number of nitrogens with one attached hydrogen (secondary N) is 2. The second-order valence-corrected chi connectivity index (χ2v) is 7.85.